The Morgan fingerprint density at radius 2 is 2.12 bits per heavy atom. The summed E-state index contributed by atoms with van der Waals surface area (Å²) >= 11 is 0. The van der Waals surface area contributed by atoms with Gasteiger partial charge in [0.2, 0.25) is 0 Å². The van der Waals surface area contributed by atoms with Gasteiger partial charge >= 0.3 is 0 Å². The van der Waals surface area contributed by atoms with Crippen molar-refractivity contribution in [2.45, 2.75) is 13.5 Å². The molecule has 1 aromatic heterocycles. The molecule has 0 aliphatic rings. The molecule has 0 atom stereocenters. The SMILES string of the molecule is Cc1cc(CNc2ccc(C#N)cc2)on1. The summed E-state index contributed by atoms with van der Waals surface area (Å²) in [5.41, 5.74) is 2.48. The summed E-state index contributed by atoms with van der Waals surface area (Å²) in [5, 5.41) is 15.6. The number of hydrogen-bond acceptors (Lipinski definition) is 4. The minimum atomic E-state index is 0.590. The number of nitrogens with one attached hydrogen (secondary N) is 1. The lowest BCUT2D eigenvalue weighted by Gasteiger charge is -2.02. The Hall–Kier alpha value is -2.28. The maximum Gasteiger partial charge on any atom is 0.156 e. The van der Waals surface area contributed by atoms with E-state index >= 15 is 0 Å². The fraction of sp³-hybridized carbons (Fsp3) is 0.167. The van der Waals surface area contributed by atoms with Crippen LogP contribution in [0, 0.1) is 18.3 Å². The van der Waals surface area contributed by atoms with Crippen molar-refractivity contribution in [3.8, 4) is 6.07 Å². The molecule has 1 heterocycles. The average Bonchev–Trinajstić information content (AvgIpc) is 2.73. The lowest BCUT2D eigenvalue weighted by Crippen LogP contribution is -1.97. The third-order valence-electron chi connectivity index (χ3n) is 2.16. The van der Waals surface area contributed by atoms with E-state index in [0.717, 1.165) is 17.1 Å². The summed E-state index contributed by atoms with van der Waals surface area (Å²) in [7, 11) is 0. The molecule has 0 fully saturated rings. The first kappa shape index (κ1) is 10.2. The molecule has 4 nitrogen and oxygen atoms in total. The van der Waals surface area contributed by atoms with Gasteiger partial charge in [0.1, 0.15) is 0 Å². The molecule has 0 spiro atoms. The van der Waals surface area contributed by atoms with Gasteiger partial charge in [0.05, 0.1) is 23.9 Å². The molecule has 0 aliphatic heterocycles. The van der Waals surface area contributed by atoms with E-state index in [9.17, 15) is 0 Å². The zero-order chi connectivity index (χ0) is 11.4. The van der Waals surface area contributed by atoms with E-state index in [2.05, 4.69) is 16.5 Å². The molecule has 1 N–H and O–H groups in total. The fourth-order valence-electron chi connectivity index (χ4n) is 1.35. The van der Waals surface area contributed by atoms with Crippen molar-refractivity contribution < 1.29 is 4.52 Å². The maximum atomic E-state index is 8.65. The van der Waals surface area contributed by atoms with Gasteiger partial charge in [-0.1, -0.05) is 5.16 Å². The van der Waals surface area contributed by atoms with Crippen LogP contribution in [0.3, 0.4) is 0 Å². The molecule has 2 rings (SSSR count). The van der Waals surface area contributed by atoms with Crippen molar-refractivity contribution in [1.29, 1.82) is 5.26 Å². The first-order chi connectivity index (χ1) is 7.78. The first-order valence-electron chi connectivity index (χ1n) is 4.94. The van der Waals surface area contributed by atoms with Gasteiger partial charge in [0.25, 0.3) is 0 Å². The summed E-state index contributed by atoms with van der Waals surface area (Å²) in [6, 6.07) is 11.2. The Balaban J connectivity index is 1.97. The molecule has 80 valence electrons. The standard InChI is InChI=1S/C12H11N3O/c1-9-6-12(16-15-9)8-14-11-4-2-10(7-13)3-5-11/h2-6,14H,8H2,1H3. The average molecular weight is 213 g/mol. The van der Waals surface area contributed by atoms with Crippen LogP contribution in [0.15, 0.2) is 34.9 Å². The number of anilines is 1. The Bertz CT molecular complexity index is 508. The van der Waals surface area contributed by atoms with Gasteiger partial charge < -0.3 is 9.84 Å². The highest BCUT2D eigenvalue weighted by Crippen LogP contribution is 2.11. The van der Waals surface area contributed by atoms with Crippen molar-refractivity contribution in [2.24, 2.45) is 0 Å². The van der Waals surface area contributed by atoms with Crippen LogP contribution in [-0.4, -0.2) is 5.16 Å². The third-order valence-corrected chi connectivity index (χ3v) is 2.16. The normalized spacial score (nSPS) is 9.75. The van der Waals surface area contributed by atoms with Crippen molar-refractivity contribution in [2.75, 3.05) is 5.32 Å². The predicted octanol–water partition coefficient (Wildman–Crippen LogP) is 2.47. The topological polar surface area (TPSA) is 61.9 Å². The molecule has 2 aromatic rings. The van der Waals surface area contributed by atoms with E-state index in [1.54, 1.807) is 12.1 Å². The zero-order valence-electron chi connectivity index (χ0n) is 8.90. The minimum Gasteiger partial charge on any atom is -0.378 e. The molecule has 0 saturated heterocycles. The number of aromatic nitrogens is 1. The fourth-order valence-corrected chi connectivity index (χ4v) is 1.35. The summed E-state index contributed by atoms with van der Waals surface area (Å²) in [5.74, 6) is 0.793. The van der Waals surface area contributed by atoms with E-state index in [-0.39, 0.29) is 0 Å². The van der Waals surface area contributed by atoms with Crippen molar-refractivity contribution >= 4 is 5.69 Å². The van der Waals surface area contributed by atoms with Crippen LogP contribution >= 0.6 is 0 Å². The lowest BCUT2D eigenvalue weighted by molar-refractivity contribution is 0.384. The second-order valence-electron chi connectivity index (χ2n) is 3.48. The van der Waals surface area contributed by atoms with Crippen LogP contribution in [0.25, 0.3) is 0 Å². The van der Waals surface area contributed by atoms with Crippen molar-refractivity contribution in [1.82, 2.24) is 5.16 Å². The summed E-state index contributed by atoms with van der Waals surface area (Å²) in [6.45, 7) is 2.47. The van der Waals surface area contributed by atoms with Crippen molar-refractivity contribution in [3.05, 3.63) is 47.3 Å². The molecule has 16 heavy (non-hydrogen) atoms. The molecular formula is C12H11N3O. The van der Waals surface area contributed by atoms with Crippen LogP contribution in [-0.2, 0) is 6.54 Å². The number of benzene rings is 1. The Morgan fingerprint density at radius 3 is 2.69 bits per heavy atom. The lowest BCUT2D eigenvalue weighted by atomic mass is 10.2. The molecule has 1 aromatic carbocycles. The number of nitrogens with zero attached hydrogens (tertiary/aromatic N) is 2. The molecule has 0 bridgehead atoms. The van der Waals surface area contributed by atoms with Gasteiger partial charge in [-0.15, -0.1) is 0 Å². The number of hydrogen-bond donors (Lipinski definition) is 1. The predicted molar refractivity (Wildman–Crippen MR) is 59.7 cm³/mol. The molecule has 4 heteroatoms. The third kappa shape index (κ3) is 2.39. The van der Waals surface area contributed by atoms with E-state index in [4.69, 9.17) is 9.78 Å². The molecule has 0 radical (unpaired) electrons. The second kappa shape index (κ2) is 4.49. The zero-order valence-corrected chi connectivity index (χ0v) is 8.90. The number of aryl methyl sites for hydroxylation is 1. The van der Waals surface area contributed by atoms with Gasteiger partial charge in [-0.2, -0.15) is 5.26 Å². The number of nitriles is 1. The highest BCUT2D eigenvalue weighted by Gasteiger charge is 2.00. The molecule has 0 aliphatic carbocycles. The Morgan fingerprint density at radius 1 is 1.38 bits per heavy atom. The largest absolute Gasteiger partial charge is 0.378 e. The molecule has 0 amide bonds. The summed E-state index contributed by atoms with van der Waals surface area (Å²) in [6.07, 6.45) is 0. The molecule has 0 saturated carbocycles. The van der Waals surface area contributed by atoms with Gasteiger partial charge in [-0.25, -0.2) is 0 Å². The van der Waals surface area contributed by atoms with Crippen LogP contribution in [0.5, 0.6) is 0 Å². The van der Waals surface area contributed by atoms with Crippen LogP contribution in [0.4, 0.5) is 5.69 Å². The second-order valence-corrected chi connectivity index (χ2v) is 3.48. The Kier molecular flexibility index (Phi) is 2.88. The minimum absolute atomic E-state index is 0.590. The first-order valence-corrected chi connectivity index (χ1v) is 4.94. The van der Waals surface area contributed by atoms with Crippen LogP contribution in [0.2, 0.25) is 0 Å². The molecular weight excluding hydrogens is 202 g/mol. The smallest absolute Gasteiger partial charge is 0.156 e. The van der Waals surface area contributed by atoms with Gasteiger partial charge in [0, 0.05) is 11.8 Å². The maximum absolute atomic E-state index is 8.65. The number of rotatable bonds is 3. The Labute approximate surface area is 93.5 Å². The van der Waals surface area contributed by atoms with Crippen molar-refractivity contribution in [3.63, 3.8) is 0 Å². The van der Waals surface area contributed by atoms with Gasteiger partial charge in [0.15, 0.2) is 5.76 Å². The van der Waals surface area contributed by atoms with E-state index in [1.165, 1.54) is 0 Å². The summed E-state index contributed by atoms with van der Waals surface area (Å²) < 4.78 is 5.07. The highest BCUT2D eigenvalue weighted by molar-refractivity contribution is 5.47. The quantitative estimate of drug-likeness (QED) is 0.850. The van der Waals surface area contributed by atoms with Gasteiger partial charge in [-0.05, 0) is 31.2 Å². The monoisotopic (exact) mass is 213 g/mol. The van der Waals surface area contributed by atoms with E-state index < -0.39 is 0 Å². The van der Waals surface area contributed by atoms with E-state index in [0.29, 0.717) is 12.1 Å². The van der Waals surface area contributed by atoms with Gasteiger partial charge in [-0.3, -0.25) is 0 Å². The van der Waals surface area contributed by atoms with E-state index in [1.807, 2.05) is 25.1 Å². The highest BCUT2D eigenvalue weighted by atomic mass is 16.5. The summed E-state index contributed by atoms with van der Waals surface area (Å²) in [4.78, 5) is 0. The van der Waals surface area contributed by atoms with Crippen LogP contribution < -0.4 is 5.32 Å². The molecule has 0 unspecified atom stereocenters. The van der Waals surface area contributed by atoms with Crippen LogP contribution in [0.1, 0.15) is 17.0 Å².